The fourth-order valence-electron chi connectivity index (χ4n) is 1.54. The Balaban J connectivity index is 2.56. The highest BCUT2D eigenvalue weighted by Crippen LogP contribution is 2.15. The summed E-state index contributed by atoms with van der Waals surface area (Å²) in [5, 5.41) is 9.22. The maximum absolute atomic E-state index is 13.0. The molecule has 0 radical (unpaired) electrons. The van der Waals surface area contributed by atoms with Gasteiger partial charge in [-0.1, -0.05) is 13.3 Å². The number of hydrogen-bond acceptors (Lipinski definition) is 2. The zero-order valence-electron chi connectivity index (χ0n) is 9.33. The number of phenols is 1. The highest BCUT2D eigenvalue weighted by atomic mass is 19.1. The number of aromatic hydroxyl groups is 1. The van der Waals surface area contributed by atoms with E-state index in [-0.39, 0.29) is 11.6 Å². The van der Waals surface area contributed by atoms with E-state index in [1.54, 1.807) is 6.07 Å². The van der Waals surface area contributed by atoms with Crippen LogP contribution in [-0.4, -0.2) is 23.6 Å². The zero-order chi connectivity index (χ0) is 11.3. The summed E-state index contributed by atoms with van der Waals surface area (Å²) in [7, 11) is 2.00. The van der Waals surface area contributed by atoms with Crippen LogP contribution in [0.2, 0.25) is 0 Å². The third-order valence-electron chi connectivity index (χ3n) is 2.29. The first-order valence-electron chi connectivity index (χ1n) is 5.28. The van der Waals surface area contributed by atoms with E-state index in [2.05, 4.69) is 11.8 Å². The van der Waals surface area contributed by atoms with Crippen molar-refractivity contribution < 1.29 is 9.50 Å². The van der Waals surface area contributed by atoms with Crippen molar-refractivity contribution in [2.24, 2.45) is 0 Å². The van der Waals surface area contributed by atoms with Crippen molar-refractivity contribution in [1.82, 2.24) is 4.90 Å². The van der Waals surface area contributed by atoms with Gasteiger partial charge in [0.05, 0.1) is 0 Å². The first-order valence-corrected chi connectivity index (χ1v) is 5.28. The van der Waals surface area contributed by atoms with Crippen LogP contribution >= 0.6 is 0 Å². The molecule has 0 saturated carbocycles. The second-order valence-corrected chi connectivity index (χ2v) is 3.91. The van der Waals surface area contributed by atoms with Gasteiger partial charge in [0.2, 0.25) is 0 Å². The average molecular weight is 211 g/mol. The molecular weight excluding hydrogens is 193 g/mol. The quantitative estimate of drug-likeness (QED) is 0.809. The molecule has 0 aliphatic heterocycles. The normalized spacial score (nSPS) is 10.9. The summed E-state index contributed by atoms with van der Waals surface area (Å²) < 4.78 is 13.0. The van der Waals surface area contributed by atoms with Crippen molar-refractivity contribution in [2.45, 2.75) is 26.3 Å². The molecule has 1 rings (SSSR count). The molecule has 3 heteroatoms. The van der Waals surface area contributed by atoms with Gasteiger partial charge in [0.15, 0.2) is 0 Å². The molecule has 84 valence electrons. The van der Waals surface area contributed by atoms with Gasteiger partial charge in [-0.25, -0.2) is 4.39 Å². The fourth-order valence-corrected chi connectivity index (χ4v) is 1.54. The SMILES string of the molecule is CCCCN(C)Cc1cc(O)cc(F)c1. The summed E-state index contributed by atoms with van der Waals surface area (Å²) in [5.41, 5.74) is 0.811. The van der Waals surface area contributed by atoms with Crippen LogP contribution in [0.4, 0.5) is 4.39 Å². The second-order valence-electron chi connectivity index (χ2n) is 3.91. The minimum absolute atomic E-state index is 0.00566. The minimum Gasteiger partial charge on any atom is -0.508 e. The van der Waals surface area contributed by atoms with E-state index in [0.29, 0.717) is 6.54 Å². The Morgan fingerprint density at radius 1 is 1.33 bits per heavy atom. The van der Waals surface area contributed by atoms with Gasteiger partial charge >= 0.3 is 0 Å². The number of rotatable bonds is 5. The third-order valence-corrected chi connectivity index (χ3v) is 2.29. The van der Waals surface area contributed by atoms with E-state index in [1.165, 1.54) is 6.07 Å². The Morgan fingerprint density at radius 2 is 2.07 bits per heavy atom. The molecule has 0 aliphatic rings. The van der Waals surface area contributed by atoms with Crippen LogP contribution < -0.4 is 0 Å². The van der Waals surface area contributed by atoms with E-state index in [0.717, 1.165) is 31.0 Å². The summed E-state index contributed by atoms with van der Waals surface area (Å²) >= 11 is 0. The highest BCUT2D eigenvalue weighted by molar-refractivity contribution is 5.28. The van der Waals surface area contributed by atoms with Crippen LogP contribution in [0.1, 0.15) is 25.3 Å². The van der Waals surface area contributed by atoms with Crippen LogP contribution in [-0.2, 0) is 6.54 Å². The summed E-state index contributed by atoms with van der Waals surface area (Å²) in [6.07, 6.45) is 2.29. The van der Waals surface area contributed by atoms with Crippen molar-refractivity contribution >= 4 is 0 Å². The van der Waals surface area contributed by atoms with Crippen LogP contribution in [0, 0.1) is 5.82 Å². The first kappa shape index (κ1) is 12.0. The number of nitrogens with zero attached hydrogens (tertiary/aromatic N) is 1. The van der Waals surface area contributed by atoms with Crippen LogP contribution in [0.15, 0.2) is 18.2 Å². The van der Waals surface area contributed by atoms with E-state index >= 15 is 0 Å². The summed E-state index contributed by atoms with van der Waals surface area (Å²) in [4.78, 5) is 2.12. The lowest BCUT2D eigenvalue weighted by atomic mass is 10.2. The molecule has 1 N–H and O–H groups in total. The van der Waals surface area contributed by atoms with E-state index in [1.807, 2.05) is 7.05 Å². The molecule has 0 spiro atoms. The number of benzene rings is 1. The predicted octanol–water partition coefficient (Wildman–Crippen LogP) is 2.76. The number of hydrogen-bond donors (Lipinski definition) is 1. The molecule has 0 saturated heterocycles. The van der Waals surface area contributed by atoms with Crippen molar-refractivity contribution in [3.05, 3.63) is 29.6 Å². The maximum atomic E-state index is 13.0. The molecular formula is C12H18FNO. The van der Waals surface area contributed by atoms with E-state index < -0.39 is 0 Å². The largest absolute Gasteiger partial charge is 0.508 e. The Morgan fingerprint density at radius 3 is 2.67 bits per heavy atom. The lowest BCUT2D eigenvalue weighted by molar-refractivity contribution is 0.319. The molecule has 0 aromatic heterocycles. The molecule has 0 unspecified atom stereocenters. The predicted molar refractivity (Wildman–Crippen MR) is 59.3 cm³/mol. The Kier molecular flexibility index (Phi) is 4.56. The lowest BCUT2D eigenvalue weighted by Gasteiger charge is -2.16. The van der Waals surface area contributed by atoms with Gasteiger partial charge in [0.1, 0.15) is 11.6 Å². The summed E-state index contributed by atoms with van der Waals surface area (Å²) in [6.45, 7) is 3.81. The smallest absolute Gasteiger partial charge is 0.127 e. The molecule has 0 aliphatic carbocycles. The van der Waals surface area contributed by atoms with Gasteiger partial charge in [-0.2, -0.15) is 0 Å². The van der Waals surface area contributed by atoms with Gasteiger partial charge in [-0.05, 0) is 37.7 Å². The van der Waals surface area contributed by atoms with Gasteiger partial charge in [-0.15, -0.1) is 0 Å². The maximum Gasteiger partial charge on any atom is 0.127 e. The van der Waals surface area contributed by atoms with Gasteiger partial charge < -0.3 is 10.0 Å². The number of halogens is 1. The van der Waals surface area contributed by atoms with Crippen molar-refractivity contribution in [1.29, 1.82) is 0 Å². The standard InChI is InChI=1S/C12H18FNO/c1-3-4-5-14(2)9-10-6-11(13)8-12(15)7-10/h6-8,15H,3-5,9H2,1-2H3. The molecule has 0 fully saturated rings. The first-order chi connectivity index (χ1) is 7.11. The van der Waals surface area contributed by atoms with Crippen molar-refractivity contribution in [3.8, 4) is 5.75 Å². The van der Waals surface area contributed by atoms with Crippen LogP contribution in [0.25, 0.3) is 0 Å². The van der Waals surface area contributed by atoms with Crippen molar-refractivity contribution in [3.63, 3.8) is 0 Å². The summed E-state index contributed by atoms with van der Waals surface area (Å²) in [6, 6.07) is 4.18. The highest BCUT2D eigenvalue weighted by Gasteiger charge is 2.03. The molecule has 0 heterocycles. The number of phenolic OH excluding ortho intramolecular Hbond substituents is 1. The summed E-state index contributed by atoms with van der Waals surface area (Å²) in [5.74, 6) is -0.386. The van der Waals surface area contributed by atoms with Gasteiger partial charge in [0, 0.05) is 12.6 Å². The Bertz CT molecular complexity index is 294. The molecule has 0 amide bonds. The average Bonchev–Trinajstić information content (AvgIpc) is 2.13. The number of unbranched alkanes of at least 4 members (excludes halogenated alkanes) is 1. The van der Waals surface area contributed by atoms with Crippen LogP contribution in [0.3, 0.4) is 0 Å². The molecule has 15 heavy (non-hydrogen) atoms. The van der Waals surface area contributed by atoms with Gasteiger partial charge in [0.25, 0.3) is 0 Å². The van der Waals surface area contributed by atoms with E-state index in [4.69, 9.17) is 0 Å². The monoisotopic (exact) mass is 211 g/mol. The third kappa shape index (κ3) is 4.30. The molecule has 1 aromatic rings. The topological polar surface area (TPSA) is 23.5 Å². The fraction of sp³-hybridized carbons (Fsp3) is 0.500. The lowest BCUT2D eigenvalue weighted by Crippen LogP contribution is -2.18. The van der Waals surface area contributed by atoms with Crippen molar-refractivity contribution in [2.75, 3.05) is 13.6 Å². The molecule has 1 aromatic carbocycles. The molecule has 2 nitrogen and oxygen atoms in total. The van der Waals surface area contributed by atoms with Crippen LogP contribution in [0.5, 0.6) is 5.75 Å². The second kappa shape index (κ2) is 5.71. The Hall–Kier alpha value is -1.09. The molecule has 0 bridgehead atoms. The van der Waals surface area contributed by atoms with E-state index in [9.17, 15) is 9.50 Å². The van der Waals surface area contributed by atoms with Gasteiger partial charge in [-0.3, -0.25) is 0 Å². The Labute approximate surface area is 90.3 Å². The molecule has 0 atom stereocenters. The minimum atomic E-state index is -0.381. The zero-order valence-corrected chi connectivity index (χ0v) is 9.33.